The van der Waals surface area contributed by atoms with E-state index in [1.807, 2.05) is 0 Å². The number of benzene rings is 1. The molecule has 1 heterocycles. The predicted octanol–water partition coefficient (Wildman–Crippen LogP) is 2.37. The molecule has 144 valence electrons. The highest BCUT2D eigenvalue weighted by atomic mass is 79.9. The van der Waals surface area contributed by atoms with E-state index in [-0.39, 0.29) is 24.9 Å². The van der Waals surface area contributed by atoms with Crippen molar-refractivity contribution < 1.29 is 19.1 Å². The number of aromatic nitrogens is 1. The van der Waals surface area contributed by atoms with Crippen molar-refractivity contribution in [3.63, 3.8) is 0 Å². The Hall–Kier alpha value is -2.65. The van der Waals surface area contributed by atoms with Crippen LogP contribution >= 0.6 is 15.9 Å². The second kappa shape index (κ2) is 9.89. The molecule has 0 aliphatic carbocycles. The summed E-state index contributed by atoms with van der Waals surface area (Å²) in [6.45, 7) is 0.0906. The molecule has 0 fully saturated rings. The fraction of sp³-hybridized carbons (Fsp3) is 0.278. The summed E-state index contributed by atoms with van der Waals surface area (Å²) in [6, 6.07) is 8.55. The third kappa shape index (κ3) is 6.87. The topological polar surface area (TPSA) is 92.8 Å². The van der Waals surface area contributed by atoms with Crippen LogP contribution in [0.5, 0.6) is 11.5 Å². The van der Waals surface area contributed by atoms with Gasteiger partial charge in [0.25, 0.3) is 0 Å². The first-order valence-electron chi connectivity index (χ1n) is 8.02. The standard InChI is InChI=1S/C18H21BrN4O4/c1-23(11-18(25)22-16-5-4-12(19)9-20-16)10-17(24)21-13-6-14(26-2)8-15(7-13)27-3/h4-9H,10-11H2,1-3H3,(H,21,24)(H,20,22,25). The molecule has 1 aromatic heterocycles. The molecule has 0 bridgehead atoms. The van der Waals surface area contributed by atoms with Gasteiger partial charge >= 0.3 is 0 Å². The van der Waals surface area contributed by atoms with E-state index in [4.69, 9.17) is 9.47 Å². The van der Waals surface area contributed by atoms with Crippen LogP contribution in [0, 0.1) is 0 Å². The molecule has 27 heavy (non-hydrogen) atoms. The van der Waals surface area contributed by atoms with Crippen molar-refractivity contribution in [1.29, 1.82) is 0 Å². The van der Waals surface area contributed by atoms with Crippen molar-refractivity contribution in [2.75, 3.05) is 45.0 Å². The first kappa shape index (κ1) is 20.7. The minimum Gasteiger partial charge on any atom is -0.497 e. The predicted molar refractivity (Wildman–Crippen MR) is 106 cm³/mol. The van der Waals surface area contributed by atoms with Gasteiger partial charge in [-0.15, -0.1) is 0 Å². The van der Waals surface area contributed by atoms with Gasteiger partial charge in [0.05, 0.1) is 27.3 Å². The molecule has 2 amide bonds. The summed E-state index contributed by atoms with van der Waals surface area (Å²) in [6.07, 6.45) is 1.59. The molecule has 0 saturated carbocycles. The molecule has 0 saturated heterocycles. The maximum Gasteiger partial charge on any atom is 0.239 e. The van der Waals surface area contributed by atoms with Crippen molar-refractivity contribution in [3.8, 4) is 11.5 Å². The Kier molecular flexibility index (Phi) is 7.56. The number of amides is 2. The van der Waals surface area contributed by atoms with Crippen molar-refractivity contribution >= 4 is 39.2 Å². The number of rotatable bonds is 8. The van der Waals surface area contributed by atoms with E-state index in [2.05, 4.69) is 31.5 Å². The van der Waals surface area contributed by atoms with Crippen molar-refractivity contribution in [2.45, 2.75) is 0 Å². The molecule has 8 nitrogen and oxygen atoms in total. The van der Waals surface area contributed by atoms with Gasteiger partial charge in [0.2, 0.25) is 11.8 Å². The lowest BCUT2D eigenvalue weighted by molar-refractivity contribution is -0.119. The number of nitrogens with one attached hydrogen (secondary N) is 2. The molecular weight excluding hydrogens is 416 g/mol. The number of hydrogen-bond donors (Lipinski definition) is 2. The zero-order valence-corrected chi connectivity index (χ0v) is 16.9. The van der Waals surface area contributed by atoms with E-state index in [0.29, 0.717) is 23.0 Å². The summed E-state index contributed by atoms with van der Waals surface area (Å²) in [4.78, 5) is 29.9. The smallest absolute Gasteiger partial charge is 0.239 e. The highest BCUT2D eigenvalue weighted by molar-refractivity contribution is 9.10. The molecule has 0 spiro atoms. The molecule has 9 heteroatoms. The van der Waals surface area contributed by atoms with E-state index in [1.54, 1.807) is 48.5 Å². The molecule has 0 unspecified atom stereocenters. The van der Waals surface area contributed by atoms with Gasteiger partial charge in [0.1, 0.15) is 17.3 Å². The number of halogens is 1. The molecule has 0 aliphatic heterocycles. The third-order valence-electron chi connectivity index (χ3n) is 3.46. The number of anilines is 2. The average molecular weight is 437 g/mol. The summed E-state index contributed by atoms with van der Waals surface area (Å²) >= 11 is 3.28. The van der Waals surface area contributed by atoms with Crippen molar-refractivity contribution in [2.24, 2.45) is 0 Å². The second-order valence-corrected chi connectivity index (χ2v) is 6.65. The summed E-state index contributed by atoms with van der Waals surface area (Å²) in [7, 11) is 4.75. The first-order valence-corrected chi connectivity index (χ1v) is 8.81. The molecule has 1 aromatic carbocycles. The number of likely N-dealkylation sites (N-methyl/N-ethyl adjacent to an activating group) is 1. The van der Waals surface area contributed by atoms with Crippen molar-refractivity contribution in [1.82, 2.24) is 9.88 Å². The summed E-state index contributed by atoms with van der Waals surface area (Å²) in [5.41, 5.74) is 0.549. The van der Waals surface area contributed by atoms with Crippen LogP contribution in [-0.2, 0) is 9.59 Å². The molecule has 2 aromatic rings. The summed E-state index contributed by atoms with van der Waals surface area (Å²) < 4.78 is 11.2. The Balaban J connectivity index is 1.86. The summed E-state index contributed by atoms with van der Waals surface area (Å²) in [5, 5.41) is 5.44. The van der Waals surface area contributed by atoms with Crippen molar-refractivity contribution in [3.05, 3.63) is 41.0 Å². The fourth-order valence-electron chi connectivity index (χ4n) is 2.26. The monoisotopic (exact) mass is 436 g/mol. The molecule has 0 radical (unpaired) electrons. The minimum atomic E-state index is -0.262. The molecular formula is C18H21BrN4O4. The Morgan fingerprint density at radius 3 is 2.15 bits per heavy atom. The van der Waals surface area contributed by atoms with Crippen LogP contribution in [0.15, 0.2) is 41.0 Å². The number of hydrogen-bond acceptors (Lipinski definition) is 6. The zero-order valence-electron chi connectivity index (χ0n) is 15.3. The maximum absolute atomic E-state index is 12.2. The van der Waals surface area contributed by atoms with E-state index >= 15 is 0 Å². The average Bonchev–Trinajstić information content (AvgIpc) is 2.62. The lowest BCUT2D eigenvalue weighted by atomic mass is 10.2. The Labute approximate surface area is 166 Å². The number of carbonyl (C=O) groups is 2. The normalized spacial score (nSPS) is 10.4. The molecule has 2 rings (SSSR count). The lowest BCUT2D eigenvalue weighted by Crippen LogP contribution is -2.36. The van der Waals surface area contributed by atoms with Gasteiger partial charge in [0.15, 0.2) is 0 Å². The van der Waals surface area contributed by atoms with Gasteiger partial charge < -0.3 is 20.1 Å². The fourth-order valence-corrected chi connectivity index (χ4v) is 2.49. The SMILES string of the molecule is COc1cc(NC(=O)CN(C)CC(=O)Nc2ccc(Br)cn2)cc(OC)c1. The van der Waals surface area contributed by atoms with Gasteiger partial charge in [-0.05, 0) is 35.1 Å². The Morgan fingerprint density at radius 1 is 1.04 bits per heavy atom. The summed E-state index contributed by atoms with van der Waals surface area (Å²) in [5.74, 6) is 1.06. The van der Waals surface area contributed by atoms with Gasteiger partial charge in [-0.25, -0.2) is 4.98 Å². The maximum atomic E-state index is 12.2. The molecule has 0 atom stereocenters. The van der Waals surface area contributed by atoms with E-state index in [0.717, 1.165) is 4.47 Å². The van der Waals surface area contributed by atoms with Crippen LogP contribution in [0.2, 0.25) is 0 Å². The van der Waals surface area contributed by atoms with Gasteiger partial charge in [-0.3, -0.25) is 14.5 Å². The van der Waals surface area contributed by atoms with E-state index < -0.39 is 0 Å². The second-order valence-electron chi connectivity index (χ2n) is 5.73. The number of nitrogens with zero attached hydrogens (tertiary/aromatic N) is 2. The zero-order chi connectivity index (χ0) is 19.8. The van der Waals surface area contributed by atoms with Crippen LogP contribution in [0.3, 0.4) is 0 Å². The van der Waals surface area contributed by atoms with Gasteiger partial charge in [-0.2, -0.15) is 0 Å². The van der Waals surface area contributed by atoms with Crippen LogP contribution in [0.4, 0.5) is 11.5 Å². The molecule has 0 aliphatic rings. The van der Waals surface area contributed by atoms with E-state index in [1.165, 1.54) is 14.2 Å². The number of ether oxygens (including phenoxy) is 2. The third-order valence-corrected chi connectivity index (χ3v) is 3.93. The first-order chi connectivity index (χ1) is 12.9. The van der Waals surface area contributed by atoms with E-state index in [9.17, 15) is 9.59 Å². The largest absolute Gasteiger partial charge is 0.497 e. The van der Waals surface area contributed by atoms with Gasteiger partial charge in [0, 0.05) is 34.6 Å². The quantitative estimate of drug-likeness (QED) is 0.659. The van der Waals surface area contributed by atoms with Crippen LogP contribution < -0.4 is 20.1 Å². The number of carbonyl (C=O) groups excluding carboxylic acids is 2. The molecule has 2 N–H and O–H groups in total. The highest BCUT2D eigenvalue weighted by Gasteiger charge is 2.12. The highest BCUT2D eigenvalue weighted by Crippen LogP contribution is 2.25. The Morgan fingerprint density at radius 2 is 1.63 bits per heavy atom. The lowest BCUT2D eigenvalue weighted by Gasteiger charge is -2.16. The van der Waals surface area contributed by atoms with Gasteiger partial charge in [-0.1, -0.05) is 0 Å². The van der Waals surface area contributed by atoms with Crippen LogP contribution in [0.25, 0.3) is 0 Å². The number of methoxy groups -OCH3 is 2. The van der Waals surface area contributed by atoms with Crippen LogP contribution in [0.1, 0.15) is 0 Å². The Bertz CT molecular complexity index is 776. The number of pyridine rings is 1. The minimum absolute atomic E-state index is 0.0424. The van der Waals surface area contributed by atoms with Crippen LogP contribution in [-0.4, -0.2) is 56.1 Å².